The Morgan fingerprint density at radius 3 is 2.28 bits per heavy atom. The van der Waals surface area contributed by atoms with Crippen LogP contribution in [0, 0.1) is 0 Å². The summed E-state index contributed by atoms with van der Waals surface area (Å²) >= 11 is 0. The third kappa shape index (κ3) is 6.74. The summed E-state index contributed by atoms with van der Waals surface area (Å²) in [5.41, 5.74) is 6.61. The first kappa shape index (κ1) is 26.2. The average Bonchev–Trinajstić information content (AvgIpc) is 3.32. The maximum atomic E-state index is 12.8. The minimum absolute atomic E-state index is 0.0192. The number of aromatic nitrogens is 2. The van der Waals surface area contributed by atoms with Crippen LogP contribution < -0.4 is 10.1 Å². The molecule has 0 saturated heterocycles. The molecule has 5 aromatic rings. The van der Waals surface area contributed by atoms with Crippen LogP contribution >= 0.6 is 0 Å². The van der Waals surface area contributed by atoms with Crippen LogP contribution in [0.3, 0.4) is 0 Å². The topological polar surface area (TPSA) is 56.1 Å². The van der Waals surface area contributed by atoms with E-state index < -0.39 is 0 Å². The number of imidazole rings is 1. The highest BCUT2D eigenvalue weighted by molar-refractivity contribution is 5.79. The number of fused-ring (bicyclic) bond motifs is 1. The molecule has 0 radical (unpaired) electrons. The van der Waals surface area contributed by atoms with Crippen molar-refractivity contribution in [2.75, 3.05) is 6.61 Å². The van der Waals surface area contributed by atoms with Gasteiger partial charge in [-0.15, -0.1) is 0 Å². The monoisotopic (exact) mass is 517 g/mol. The third-order valence-corrected chi connectivity index (χ3v) is 6.94. The number of carbonyl (C=O) groups excluding carboxylic acids is 1. The lowest BCUT2D eigenvalue weighted by atomic mass is 10.0. The first-order valence-electron chi connectivity index (χ1n) is 13.6. The number of nitrogens with one attached hydrogen (secondary N) is 1. The third-order valence-electron chi connectivity index (χ3n) is 6.94. The van der Waals surface area contributed by atoms with E-state index in [4.69, 9.17) is 9.72 Å². The van der Waals surface area contributed by atoms with E-state index in [2.05, 4.69) is 66.2 Å². The van der Waals surface area contributed by atoms with Gasteiger partial charge >= 0.3 is 0 Å². The molecule has 1 amide bonds. The second kappa shape index (κ2) is 12.4. The molecule has 198 valence electrons. The quantitative estimate of drug-likeness (QED) is 0.189. The van der Waals surface area contributed by atoms with E-state index in [0.29, 0.717) is 25.5 Å². The lowest BCUT2D eigenvalue weighted by Crippen LogP contribution is -2.26. The van der Waals surface area contributed by atoms with E-state index in [1.165, 1.54) is 11.1 Å². The molecule has 0 spiro atoms. The van der Waals surface area contributed by atoms with Crippen molar-refractivity contribution in [3.05, 3.63) is 120 Å². The van der Waals surface area contributed by atoms with E-state index in [1.54, 1.807) is 0 Å². The number of nitrogens with zero attached hydrogens (tertiary/aromatic N) is 2. The van der Waals surface area contributed by atoms with Gasteiger partial charge in [-0.3, -0.25) is 4.79 Å². The van der Waals surface area contributed by atoms with Gasteiger partial charge in [0.25, 0.3) is 0 Å². The van der Waals surface area contributed by atoms with Gasteiger partial charge < -0.3 is 14.6 Å². The summed E-state index contributed by atoms with van der Waals surface area (Å²) in [7, 11) is 0. The van der Waals surface area contributed by atoms with Gasteiger partial charge in [-0.2, -0.15) is 0 Å². The van der Waals surface area contributed by atoms with Crippen LogP contribution in [-0.4, -0.2) is 22.1 Å². The molecule has 4 aromatic carbocycles. The van der Waals surface area contributed by atoms with Crippen molar-refractivity contribution in [1.82, 2.24) is 14.9 Å². The zero-order valence-corrected chi connectivity index (χ0v) is 22.6. The second-order valence-electron chi connectivity index (χ2n) is 10.1. The molecule has 0 fully saturated rings. The Morgan fingerprint density at radius 1 is 0.846 bits per heavy atom. The predicted molar refractivity (Wildman–Crippen MR) is 158 cm³/mol. The van der Waals surface area contributed by atoms with Crippen molar-refractivity contribution < 1.29 is 9.53 Å². The first-order chi connectivity index (χ1) is 19.1. The minimum Gasteiger partial charge on any atom is -0.494 e. The molecular formula is C34H35N3O2. The molecule has 39 heavy (non-hydrogen) atoms. The number of rotatable bonds is 11. The summed E-state index contributed by atoms with van der Waals surface area (Å²) in [6, 6.07) is 34.9. The van der Waals surface area contributed by atoms with Crippen molar-refractivity contribution in [3.63, 3.8) is 0 Å². The molecule has 0 atom stereocenters. The second-order valence-corrected chi connectivity index (χ2v) is 10.1. The normalized spacial score (nSPS) is 11.2. The van der Waals surface area contributed by atoms with Gasteiger partial charge in [0.15, 0.2) is 0 Å². The number of ether oxygens (including phenoxy) is 1. The Labute approximate surface area is 230 Å². The molecule has 0 bridgehead atoms. The SMILES string of the molecule is CC(C)c1ccc(OCCCn2c(CNC(=O)Cc3ccc(-c4ccccc4)cc3)nc3ccccc32)cc1. The fourth-order valence-electron chi connectivity index (χ4n) is 4.74. The van der Waals surface area contributed by atoms with Crippen LogP contribution in [0.25, 0.3) is 22.2 Å². The largest absolute Gasteiger partial charge is 0.494 e. The lowest BCUT2D eigenvalue weighted by Gasteiger charge is -2.12. The van der Waals surface area contributed by atoms with Crippen LogP contribution in [0.2, 0.25) is 0 Å². The molecule has 1 N–H and O–H groups in total. The van der Waals surface area contributed by atoms with Crippen molar-refractivity contribution in [1.29, 1.82) is 0 Å². The first-order valence-corrected chi connectivity index (χ1v) is 13.6. The highest BCUT2D eigenvalue weighted by atomic mass is 16.5. The van der Waals surface area contributed by atoms with E-state index in [9.17, 15) is 4.79 Å². The van der Waals surface area contributed by atoms with Gasteiger partial charge in [0.2, 0.25) is 5.91 Å². The summed E-state index contributed by atoms with van der Waals surface area (Å²) in [5.74, 6) is 2.23. The molecule has 0 aliphatic heterocycles. The Kier molecular flexibility index (Phi) is 8.37. The zero-order chi connectivity index (χ0) is 27.0. The predicted octanol–water partition coefficient (Wildman–Crippen LogP) is 7.15. The number of aryl methyl sites for hydroxylation is 1. The Morgan fingerprint density at radius 2 is 1.54 bits per heavy atom. The lowest BCUT2D eigenvalue weighted by molar-refractivity contribution is -0.120. The standard InChI is InChI=1S/C34H35N3O2/c1-25(2)27-17-19-30(20-18-27)39-22-8-21-37-32-12-7-6-11-31(32)36-33(37)24-35-34(38)23-26-13-15-29(16-14-26)28-9-4-3-5-10-28/h3-7,9-20,25H,8,21-24H2,1-2H3,(H,35,38). The number of hydrogen-bond donors (Lipinski definition) is 1. The van der Waals surface area contributed by atoms with Crippen LogP contribution in [0.15, 0.2) is 103 Å². The smallest absolute Gasteiger partial charge is 0.224 e. The number of hydrogen-bond acceptors (Lipinski definition) is 3. The fraction of sp³-hybridized carbons (Fsp3) is 0.235. The summed E-state index contributed by atoms with van der Waals surface area (Å²) in [6.45, 7) is 6.13. The molecule has 1 heterocycles. The molecule has 0 saturated carbocycles. The maximum Gasteiger partial charge on any atom is 0.224 e. The van der Waals surface area contributed by atoms with Crippen LogP contribution in [0.4, 0.5) is 0 Å². The van der Waals surface area contributed by atoms with Gasteiger partial charge in [-0.05, 0) is 58.9 Å². The van der Waals surface area contributed by atoms with Crippen molar-refractivity contribution >= 4 is 16.9 Å². The minimum atomic E-state index is -0.0192. The van der Waals surface area contributed by atoms with Gasteiger partial charge in [0, 0.05) is 6.54 Å². The molecule has 0 unspecified atom stereocenters. The number of para-hydroxylation sites is 2. The highest BCUT2D eigenvalue weighted by Crippen LogP contribution is 2.21. The van der Waals surface area contributed by atoms with E-state index in [1.807, 2.05) is 60.7 Å². The van der Waals surface area contributed by atoms with Gasteiger partial charge in [0.05, 0.1) is 30.6 Å². The summed E-state index contributed by atoms with van der Waals surface area (Å²) < 4.78 is 8.18. The number of amides is 1. The molecule has 1 aromatic heterocycles. The summed E-state index contributed by atoms with van der Waals surface area (Å²) in [5, 5.41) is 3.07. The Balaban J connectivity index is 1.17. The maximum absolute atomic E-state index is 12.8. The van der Waals surface area contributed by atoms with Gasteiger partial charge in [-0.25, -0.2) is 4.98 Å². The van der Waals surface area contributed by atoms with Crippen LogP contribution in [-0.2, 0) is 24.3 Å². The molecule has 0 aliphatic carbocycles. The summed E-state index contributed by atoms with van der Waals surface area (Å²) in [4.78, 5) is 17.6. The van der Waals surface area contributed by atoms with Crippen molar-refractivity contribution in [3.8, 4) is 16.9 Å². The molecule has 5 rings (SSSR count). The Bertz CT molecular complexity index is 1500. The summed E-state index contributed by atoms with van der Waals surface area (Å²) in [6.07, 6.45) is 1.17. The van der Waals surface area contributed by atoms with Crippen LogP contribution in [0.1, 0.15) is 43.1 Å². The molecule has 0 aliphatic rings. The molecule has 5 nitrogen and oxygen atoms in total. The zero-order valence-electron chi connectivity index (χ0n) is 22.6. The van der Waals surface area contributed by atoms with E-state index in [0.717, 1.165) is 46.7 Å². The molecule has 5 heteroatoms. The average molecular weight is 518 g/mol. The van der Waals surface area contributed by atoms with E-state index >= 15 is 0 Å². The van der Waals surface area contributed by atoms with Crippen molar-refractivity contribution in [2.45, 2.75) is 45.7 Å². The number of benzene rings is 4. The Hall–Kier alpha value is -4.38. The van der Waals surface area contributed by atoms with Crippen LogP contribution in [0.5, 0.6) is 5.75 Å². The van der Waals surface area contributed by atoms with Crippen molar-refractivity contribution in [2.24, 2.45) is 0 Å². The highest BCUT2D eigenvalue weighted by Gasteiger charge is 2.12. The molecular weight excluding hydrogens is 482 g/mol. The fourth-order valence-corrected chi connectivity index (χ4v) is 4.74. The number of carbonyl (C=O) groups is 1. The van der Waals surface area contributed by atoms with E-state index in [-0.39, 0.29) is 5.91 Å². The van der Waals surface area contributed by atoms with Gasteiger partial charge in [0.1, 0.15) is 11.6 Å². The van der Waals surface area contributed by atoms with Gasteiger partial charge in [-0.1, -0.05) is 92.7 Å².